The normalized spacial score (nSPS) is 16.6. The van der Waals surface area contributed by atoms with Crippen molar-refractivity contribution in [1.29, 1.82) is 0 Å². The van der Waals surface area contributed by atoms with Crippen molar-refractivity contribution in [2.24, 2.45) is 0 Å². The maximum Gasteiger partial charge on any atom is 0.330 e. The monoisotopic (exact) mass is 550 g/mol. The summed E-state index contributed by atoms with van der Waals surface area (Å²) >= 11 is 0. The predicted octanol–water partition coefficient (Wildman–Crippen LogP) is 4.04. The lowest BCUT2D eigenvalue weighted by atomic mass is 9.98. The average Bonchev–Trinajstić information content (AvgIpc) is 2.97. The van der Waals surface area contributed by atoms with Crippen molar-refractivity contribution in [2.75, 3.05) is 25.6 Å². The first-order chi connectivity index (χ1) is 18.8. The van der Waals surface area contributed by atoms with Gasteiger partial charge < -0.3 is 15.0 Å². The zero-order valence-electron chi connectivity index (χ0n) is 22.1. The number of anilines is 1. The summed E-state index contributed by atoms with van der Waals surface area (Å²) in [5.74, 6) is 0.256. The van der Waals surface area contributed by atoms with E-state index in [4.69, 9.17) is 4.74 Å². The van der Waals surface area contributed by atoms with E-state index in [1.807, 2.05) is 60.7 Å². The first kappa shape index (κ1) is 28.1. The second-order valence-corrected chi connectivity index (χ2v) is 11.1. The van der Waals surface area contributed by atoms with Gasteiger partial charge in [-0.05, 0) is 48.2 Å². The number of nitrogens with zero attached hydrogens (tertiary/aromatic N) is 2. The molecule has 1 fully saturated rings. The molecular weight excluding hydrogens is 516 g/mol. The molecule has 0 radical (unpaired) electrons. The lowest BCUT2D eigenvalue weighted by Crippen LogP contribution is -2.55. The molecule has 9 nitrogen and oxygen atoms in total. The van der Waals surface area contributed by atoms with Gasteiger partial charge in [0.25, 0.3) is 0 Å². The molecule has 2 N–H and O–H groups in total. The minimum Gasteiger partial charge on any atom is -0.497 e. The number of ether oxygens (including phenoxy) is 1. The number of hydrogen-bond acceptors (Lipinski definition) is 5. The van der Waals surface area contributed by atoms with Crippen LogP contribution >= 0.6 is 0 Å². The first-order valence-corrected chi connectivity index (χ1v) is 14.3. The first-order valence-electron chi connectivity index (χ1n) is 12.9. The molecule has 1 saturated heterocycles. The zero-order chi connectivity index (χ0) is 27.8. The van der Waals surface area contributed by atoms with E-state index < -0.39 is 28.2 Å². The van der Waals surface area contributed by atoms with Gasteiger partial charge in [-0.3, -0.25) is 4.79 Å². The number of carbonyl (C=O) groups is 2. The summed E-state index contributed by atoms with van der Waals surface area (Å²) in [6.07, 6.45) is 2.44. The highest BCUT2D eigenvalue weighted by molar-refractivity contribution is 7.87. The molecule has 10 heteroatoms. The second-order valence-electron chi connectivity index (χ2n) is 9.45. The lowest BCUT2D eigenvalue weighted by molar-refractivity contribution is -0.120. The fourth-order valence-electron chi connectivity index (χ4n) is 4.78. The molecule has 3 aromatic carbocycles. The molecule has 0 saturated carbocycles. The van der Waals surface area contributed by atoms with E-state index in [1.165, 1.54) is 9.21 Å². The maximum absolute atomic E-state index is 13.5. The van der Waals surface area contributed by atoms with Crippen molar-refractivity contribution in [1.82, 2.24) is 14.3 Å². The standard InChI is InChI=1S/C29H34N4O5S/c1-32(24-16-18-25(38-2)19-17-24)28(34)26(21-22-11-5-3-6-12-22)30-29(35)31-39(36,37)33-20-10-9-15-27(33)23-13-7-4-8-14-23/h3-8,11-14,16-19,26-27H,9-10,15,20-21H2,1-2H3,(H2,30,31,35)/t26-,27?/m0/s1. The molecule has 0 aliphatic carbocycles. The number of piperidine rings is 1. The van der Waals surface area contributed by atoms with Crippen LogP contribution in [0.1, 0.15) is 36.4 Å². The number of methoxy groups -OCH3 is 1. The van der Waals surface area contributed by atoms with Crippen LogP contribution in [0.5, 0.6) is 5.75 Å². The molecule has 0 spiro atoms. The van der Waals surface area contributed by atoms with Gasteiger partial charge in [-0.1, -0.05) is 67.1 Å². The third-order valence-electron chi connectivity index (χ3n) is 6.84. The van der Waals surface area contributed by atoms with E-state index >= 15 is 0 Å². The number of hydrogen-bond donors (Lipinski definition) is 2. The number of rotatable bonds is 9. The SMILES string of the molecule is COc1ccc(N(C)C(=O)[C@H](Cc2ccccc2)NC(=O)NS(=O)(=O)N2CCCCC2c2ccccc2)cc1. The third-order valence-corrected chi connectivity index (χ3v) is 8.34. The van der Waals surface area contributed by atoms with Gasteiger partial charge in [-0.25, -0.2) is 9.52 Å². The Labute approximate surface area is 230 Å². The Morgan fingerprint density at radius 1 is 0.974 bits per heavy atom. The second kappa shape index (κ2) is 12.8. The Kier molecular flexibility index (Phi) is 9.21. The van der Waals surface area contributed by atoms with Gasteiger partial charge in [0, 0.05) is 25.7 Å². The molecule has 1 heterocycles. The van der Waals surface area contributed by atoms with Crippen molar-refractivity contribution in [3.8, 4) is 5.75 Å². The number of nitrogens with one attached hydrogen (secondary N) is 2. The summed E-state index contributed by atoms with van der Waals surface area (Å²) in [7, 11) is -1.01. The molecule has 1 aliphatic rings. The molecule has 0 bridgehead atoms. The Hall–Kier alpha value is -3.89. The van der Waals surface area contributed by atoms with Gasteiger partial charge in [-0.2, -0.15) is 12.7 Å². The van der Waals surface area contributed by atoms with E-state index in [-0.39, 0.29) is 12.5 Å². The van der Waals surface area contributed by atoms with E-state index in [1.54, 1.807) is 38.4 Å². The highest BCUT2D eigenvalue weighted by Crippen LogP contribution is 2.32. The van der Waals surface area contributed by atoms with Crippen LogP contribution in [0.4, 0.5) is 10.5 Å². The third kappa shape index (κ3) is 7.15. The Morgan fingerprint density at radius 3 is 2.26 bits per heavy atom. The summed E-state index contributed by atoms with van der Waals surface area (Å²) in [6, 6.07) is 23.3. The van der Waals surface area contributed by atoms with Crippen molar-refractivity contribution in [3.63, 3.8) is 0 Å². The molecule has 39 heavy (non-hydrogen) atoms. The van der Waals surface area contributed by atoms with Crippen LogP contribution in [-0.2, 0) is 21.4 Å². The smallest absolute Gasteiger partial charge is 0.330 e. The summed E-state index contributed by atoms with van der Waals surface area (Å²) in [5, 5.41) is 2.62. The summed E-state index contributed by atoms with van der Waals surface area (Å²) in [6.45, 7) is 0.300. The van der Waals surface area contributed by atoms with E-state index in [2.05, 4.69) is 10.0 Å². The van der Waals surface area contributed by atoms with Crippen LogP contribution in [0.2, 0.25) is 0 Å². The van der Waals surface area contributed by atoms with Crippen molar-refractivity contribution in [3.05, 3.63) is 96.1 Å². The highest BCUT2D eigenvalue weighted by atomic mass is 32.2. The van der Waals surface area contributed by atoms with Crippen LogP contribution in [-0.4, -0.2) is 51.4 Å². The summed E-state index contributed by atoms with van der Waals surface area (Å²) in [5.41, 5.74) is 2.30. The molecule has 206 valence electrons. The van der Waals surface area contributed by atoms with Crippen LogP contribution in [0.3, 0.4) is 0 Å². The van der Waals surface area contributed by atoms with Crippen LogP contribution in [0.15, 0.2) is 84.9 Å². The molecular formula is C29H34N4O5S. The number of carbonyl (C=O) groups excluding carboxylic acids is 2. The average molecular weight is 551 g/mol. The highest BCUT2D eigenvalue weighted by Gasteiger charge is 2.35. The molecule has 3 aromatic rings. The number of likely N-dealkylation sites (N-methyl/N-ethyl adjacent to an activating group) is 1. The lowest BCUT2D eigenvalue weighted by Gasteiger charge is -2.35. The molecule has 2 atom stereocenters. The Bertz CT molecular complexity index is 1350. The minimum absolute atomic E-state index is 0.185. The minimum atomic E-state index is -4.17. The van der Waals surface area contributed by atoms with E-state index in [0.29, 0.717) is 30.8 Å². The van der Waals surface area contributed by atoms with Gasteiger partial charge in [0.2, 0.25) is 5.91 Å². The Balaban J connectivity index is 1.51. The summed E-state index contributed by atoms with van der Waals surface area (Å²) in [4.78, 5) is 28.0. The van der Waals surface area contributed by atoms with Crippen molar-refractivity contribution < 1.29 is 22.7 Å². The van der Waals surface area contributed by atoms with Crippen molar-refractivity contribution in [2.45, 2.75) is 37.8 Å². The summed E-state index contributed by atoms with van der Waals surface area (Å²) < 4.78 is 35.4. The number of amides is 3. The van der Waals surface area contributed by atoms with Crippen LogP contribution in [0.25, 0.3) is 0 Å². The maximum atomic E-state index is 13.5. The van der Waals surface area contributed by atoms with Gasteiger partial charge >= 0.3 is 16.2 Å². The molecule has 4 rings (SSSR count). The van der Waals surface area contributed by atoms with Gasteiger partial charge in [0.1, 0.15) is 11.8 Å². The van der Waals surface area contributed by atoms with Gasteiger partial charge in [0.05, 0.1) is 13.2 Å². The van der Waals surface area contributed by atoms with Crippen LogP contribution < -0.4 is 19.7 Å². The number of urea groups is 1. The number of benzene rings is 3. The van der Waals surface area contributed by atoms with Gasteiger partial charge in [0.15, 0.2) is 0 Å². The largest absolute Gasteiger partial charge is 0.497 e. The van der Waals surface area contributed by atoms with Crippen LogP contribution in [0, 0.1) is 0 Å². The predicted molar refractivity (Wildman–Crippen MR) is 151 cm³/mol. The molecule has 1 unspecified atom stereocenters. The van der Waals surface area contributed by atoms with Gasteiger partial charge in [-0.15, -0.1) is 0 Å². The fraction of sp³-hybridized carbons (Fsp3) is 0.310. The molecule has 1 aliphatic heterocycles. The Morgan fingerprint density at radius 2 is 1.62 bits per heavy atom. The zero-order valence-corrected chi connectivity index (χ0v) is 22.9. The van der Waals surface area contributed by atoms with E-state index in [9.17, 15) is 18.0 Å². The quantitative estimate of drug-likeness (QED) is 0.418. The van der Waals surface area contributed by atoms with Crippen molar-refractivity contribution >= 4 is 27.8 Å². The molecule has 3 amide bonds. The fourth-order valence-corrected chi connectivity index (χ4v) is 6.12. The topological polar surface area (TPSA) is 108 Å². The molecule has 0 aromatic heterocycles. The van der Waals surface area contributed by atoms with E-state index in [0.717, 1.165) is 17.5 Å².